The topological polar surface area (TPSA) is 95.5 Å². The maximum Gasteiger partial charge on any atom is 0.251 e. The van der Waals surface area contributed by atoms with Gasteiger partial charge in [0.1, 0.15) is 5.88 Å². The molecule has 0 fully saturated rings. The number of carbonyl (C=O) groups excluding carboxylic acids is 1. The van der Waals surface area contributed by atoms with E-state index < -0.39 is 15.9 Å². The highest BCUT2D eigenvalue weighted by molar-refractivity contribution is 7.91. The van der Waals surface area contributed by atoms with E-state index in [1.54, 1.807) is 66.7 Å². The molecule has 3 N–H and O–H groups in total. The van der Waals surface area contributed by atoms with Gasteiger partial charge in [-0.3, -0.25) is 4.79 Å². The molecule has 0 aliphatic rings. The van der Waals surface area contributed by atoms with Gasteiger partial charge < -0.3 is 15.7 Å². The lowest BCUT2D eigenvalue weighted by molar-refractivity contribution is 0.0916. The van der Waals surface area contributed by atoms with E-state index in [0.29, 0.717) is 11.3 Å². The van der Waals surface area contributed by atoms with Crippen LogP contribution < -0.4 is 10.6 Å². The van der Waals surface area contributed by atoms with Crippen molar-refractivity contribution in [2.24, 2.45) is 0 Å². The number of hydrogen-bond donors (Lipinski definition) is 3. The van der Waals surface area contributed by atoms with Crippen molar-refractivity contribution in [3.8, 4) is 0 Å². The van der Waals surface area contributed by atoms with Crippen molar-refractivity contribution in [2.75, 3.05) is 17.7 Å². The molecule has 1 atom stereocenters. The van der Waals surface area contributed by atoms with Gasteiger partial charge in [0.2, 0.25) is 0 Å². The predicted molar refractivity (Wildman–Crippen MR) is 112 cm³/mol. The van der Waals surface area contributed by atoms with Gasteiger partial charge in [0.05, 0.1) is 11.0 Å². The third-order valence-electron chi connectivity index (χ3n) is 4.36. The third-order valence-corrected chi connectivity index (χ3v) is 5.87. The Balaban J connectivity index is 1.53. The van der Waals surface area contributed by atoms with Crippen molar-refractivity contribution in [1.29, 1.82) is 0 Å². The number of aliphatic hydroxyl groups excluding tert-OH is 1. The zero-order chi connectivity index (χ0) is 20.7. The Bertz CT molecular complexity index is 1040. The summed E-state index contributed by atoms with van der Waals surface area (Å²) >= 11 is 0. The Morgan fingerprint density at radius 1 is 0.862 bits per heavy atom. The van der Waals surface area contributed by atoms with Crippen molar-refractivity contribution < 1.29 is 18.3 Å². The zero-order valence-corrected chi connectivity index (χ0v) is 16.5. The molecule has 3 aromatic rings. The quantitative estimate of drug-likeness (QED) is 0.531. The van der Waals surface area contributed by atoms with Crippen LogP contribution in [0.25, 0.3) is 0 Å². The van der Waals surface area contributed by atoms with Crippen LogP contribution >= 0.6 is 0 Å². The summed E-state index contributed by atoms with van der Waals surface area (Å²) in [5.41, 5.74) is 1.74. The van der Waals surface area contributed by atoms with E-state index in [1.165, 1.54) is 0 Å². The average molecular weight is 410 g/mol. The number of aliphatic hydroxyl groups is 1. The van der Waals surface area contributed by atoms with E-state index in [1.807, 2.05) is 18.2 Å². The molecule has 1 amide bonds. The van der Waals surface area contributed by atoms with Crippen LogP contribution in [-0.2, 0) is 9.84 Å². The van der Waals surface area contributed by atoms with Gasteiger partial charge in [0.15, 0.2) is 9.84 Å². The first-order valence-electron chi connectivity index (χ1n) is 9.09. The molecule has 0 saturated heterocycles. The van der Waals surface area contributed by atoms with Gasteiger partial charge in [-0.15, -0.1) is 0 Å². The molecule has 0 spiro atoms. The second kappa shape index (κ2) is 9.36. The summed E-state index contributed by atoms with van der Waals surface area (Å²) in [5, 5.41) is 15.7. The number of sulfone groups is 1. The van der Waals surface area contributed by atoms with Gasteiger partial charge in [-0.25, -0.2) is 8.42 Å². The average Bonchev–Trinajstić information content (AvgIpc) is 2.77. The van der Waals surface area contributed by atoms with Crippen molar-refractivity contribution in [1.82, 2.24) is 5.32 Å². The second-order valence-electron chi connectivity index (χ2n) is 6.46. The lowest BCUT2D eigenvalue weighted by atomic mass is 10.1. The van der Waals surface area contributed by atoms with Crippen LogP contribution in [0.2, 0.25) is 0 Å². The summed E-state index contributed by atoms with van der Waals surface area (Å²) in [6, 6.07) is 23.8. The standard InChI is InChI=1S/C22H22N2O4S/c25-21(17-7-3-1-4-8-17)15-23-22(26)18-11-13-19(14-12-18)24-16-29(27,28)20-9-5-2-6-10-20/h1-14,21,24-25H,15-16H2,(H,23,26). The molecule has 0 heterocycles. The molecule has 1 unspecified atom stereocenters. The molecule has 0 saturated carbocycles. The van der Waals surface area contributed by atoms with E-state index in [4.69, 9.17) is 0 Å². The van der Waals surface area contributed by atoms with Gasteiger partial charge in [0.25, 0.3) is 5.91 Å². The molecule has 3 aromatic carbocycles. The molecule has 0 aliphatic carbocycles. The van der Waals surface area contributed by atoms with Gasteiger partial charge in [-0.1, -0.05) is 48.5 Å². The second-order valence-corrected chi connectivity index (χ2v) is 8.45. The molecular weight excluding hydrogens is 388 g/mol. The zero-order valence-electron chi connectivity index (χ0n) is 15.7. The number of amides is 1. The van der Waals surface area contributed by atoms with Crippen molar-refractivity contribution in [3.63, 3.8) is 0 Å². The van der Waals surface area contributed by atoms with Crippen LogP contribution in [0.5, 0.6) is 0 Å². The highest BCUT2D eigenvalue weighted by atomic mass is 32.2. The van der Waals surface area contributed by atoms with E-state index in [0.717, 1.165) is 5.56 Å². The van der Waals surface area contributed by atoms with Crippen molar-refractivity contribution >= 4 is 21.4 Å². The smallest absolute Gasteiger partial charge is 0.251 e. The van der Waals surface area contributed by atoms with Gasteiger partial charge in [-0.2, -0.15) is 0 Å². The van der Waals surface area contributed by atoms with Crippen LogP contribution in [0.3, 0.4) is 0 Å². The summed E-state index contributed by atoms with van der Waals surface area (Å²) in [6.07, 6.45) is -0.788. The molecule has 0 bridgehead atoms. The van der Waals surface area contributed by atoms with Gasteiger partial charge in [-0.05, 0) is 42.0 Å². The van der Waals surface area contributed by atoms with Crippen LogP contribution in [0, 0.1) is 0 Å². The molecule has 0 aromatic heterocycles. The summed E-state index contributed by atoms with van der Waals surface area (Å²) < 4.78 is 24.6. The summed E-state index contributed by atoms with van der Waals surface area (Å²) in [4.78, 5) is 12.5. The van der Waals surface area contributed by atoms with E-state index >= 15 is 0 Å². The van der Waals surface area contributed by atoms with Crippen LogP contribution in [0.1, 0.15) is 22.0 Å². The first-order chi connectivity index (χ1) is 14.0. The number of carbonyl (C=O) groups is 1. The van der Waals surface area contributed by atoms with E-state index in [-0.39, 0.29) is 23.2 Å². The molecule has 3 rings (SSSR count). The van der Waals surface area contributed by atoms with E-state index in [2.05, 4.69) is 10.6 Å². The Kier molecular flexibility index (Phi) is 6.64. The lowest BCUT2D eigenvalue weighted by Gasteiger charge is -2.12. The number of hydrogen-bond acceptors (Lipinski definition) is 5. The maximum absolute atomic E-state index is 12.3. The molecule has 0 radical (unpaired) electrons. The largest absolute Gasteiger partial charge is 0.387 e. The highest BCUT2D eigenvalue weighted by Crippen LogP contribution is 2.15. The maximum atomic E-state index is 12.3. The molecule has 7 heteroatoms. The number of nitrogens with one attached hydrogen (secondary N) is 2. The highest BCUT2D eigenvalue weighted by Gasteiger charge is 2.14. The molecule has 150 valence electrons. The Hall–Kier alpha value is -3.16. The fraction of sp³-hybridized carbons (Fsp3) is 0.136. The van der Waals surface area contributed by atoms with Gasteiger partial charge in [0, 0.05) is 17.8 Å². The minimum Gasteiger partial charge on any atom is -0.387 e. The minimum absolute atomic E-state index is 0.0954. The van der Waals surface area contributed by atoms with E-state index in [9.17, 15) is 18.3 Å². The van der Waals surface area contributed by atoms with Crippen molar-refractivity contribution in [2.45, 2.75) is 11.0 Å². The fourth-order valence-electron chi connectivity index (χ4n) is 2.71. The Labute approximate surface area is 170 Å². The van der Waals surface area contributed by atoms with Crippen molar-refractivity contribution in [3.05, 3.63) is 96.1 Å². The molecule has 0 aliphatic heterocycles. The first kappa shape index (κ1) is 20.6. The number of benzene rings is 3. The minimum atomic E-state index is -3.45. The summed E-state index contributed by atoms with van der Waals surface area (Å²) in [5.74, 6) is -0.560. The van der Waals surface area contributed by atoms with Crippen LogP contribution in [0.4, 0.5) is 5.69 Å². The number of anilines is 1. The molecule has 6 nitrogen and oxygen atoms in total. The third kappa shape index (κ3) is 5.66. The summed E-state index contributed by atoms with van der Waals surface area (Å²) in [7, 11) is -3.45. The summed E-state index contributed by atoms with van der Waals surface area (Å²) in [6.45, 7) is 0.0954. The Morgan fingerprint density at radius 3 is 2.07 bits per heavy atom. The van der Waals surface area contributed by atoms with Crippen LogP contribution in [0.15, 0.2) is 89.8 Å². The first-order valence-corrected chi connectivity index (χ1v) is 10.7. The SMILES string of the molecule is O=C(NCC(O)c1ccccc1)c1ccc(NCS(=O)(=O)c2ccccc2)cc1. The predicted octanol–water partition coefficient (Wildman–Crippen LogP) is 2.99. The normalized spacial score (nSPS) is 12.2. The van der Waals surface area contributed by atoms with Gasteiger partial charge >= 0.3 is 0 Å². The number of rotatable bonds is 8. The monoisotopic (exact) mass is 410 g/mol. The van der Waals surface area contributed by atoms with Crippen LogP contribution in [-0.4, -0.2) is 31.9 Å². The molecular formula is C22H22N2O4S. The fourth-order valence-corrected chi connectivity index (χ4v) is 3.81. The molecule has 29 heavy (non-hydrogen) atoms. The Morgan fingerprint density at radius 2 is 1.45 bits per heavy atom. The lowest BCUT2D eigenvalue weighted by Crippen LogP contribution is -2.28.